The van der Waals surface area contributed by atoms with Crippen LogP contribution in [0, 0.1) is 0 Å². The van der Waals surface area contributed by atoms with E-state index in [-0.39, 0.29) is 6.04 Å². The van der Waals surface area contributed by atoms with Crippen LogP contribution in [-0.4, -0.2) is 39.3 Å². The van der Waals surface area contributed by atoms with Gasteiger partial charge in [0.1, 0.15) is 12.2 Å². The van der Waals surface area contributed by atoms with Crippen molar-refractivity contribution in [2.24, 2.45) is 12.8 Å². The number of hydrogen-bond acceptors (Lipinski definition) is 4. The molecule has 1 aromatic rings. The molecule has 1 saturated heterocycles. The zero-order valence-electron chi connectivity index (χ0n) is 7.85. The Kier molecular flexibility index (Phi) is 2.28. The summed E-state index contributed by atoms with van der Waals surface area (Å²) in [5, 5.41) is 4.00. The lowest BCUT2D eigenvalue weighted by Gasteiger charge is -2.32. The van der Waals surface area contributed by atoms with Gasteiger partial charge in [-0.3, -0.25) is 4.68 Å². The molecule has 5 heteroatoms. The first-order valence-electron chi connectivity index (χ1n) is 4.59. The maximum Gasteiger partial charge on any atom is 0.144 e. The zero-order chi connectivity index (χ0) is 9.26. The van der Waals surface area contributed by atoms with Crippen molar-refractivity contribution in [3.8, 4) is 0 Å². The fourth-order valence-electron chi connectivity index (χ4n) is 1.56. The monoisotopic (exact) mass is 181 g/mol. The lowest BCUT2D eigenvalue weighted by atomic mass is 10.2. The van der Waals surface area contributed by atoms with Gasteiger partial charge in [-0.05, 0) is 19.5 Å². The molecule has 72 valence electrons. The maximum absolute atomic E-state index is 5.99. The van der Waals surface area contributed by atoms with E-state index in [2.05, 4.69) is 15.0 Å². The van der Waals surface area contributed by atoms with Gasteiger partial charge in [-0.1, -0.05) is 0 Å². The topological polar surface area (TPSA) is 60.0 Å². The fraction of sp³-hybridized carbons (Fsp3) is 0.750. The Labute approximate surface area is 77.5 Å². The molecule has 1 aromatic heterocycles. The van der Waals surface area contributed by atoms with Gasteiger partial charge in [0.25, 0.3) is 0 Å². The average Bonchev–Trinajstić information content (AvgIpc) is 2.43. The summed E-state index contributed by atoms with van der Waals surface area (Å²) in [5.74, 6) is 0.868. The second-order valence-electron chi connectivity index (χ2n) is 3.50. The SMILES string of the molecule is Cn1ncnc1C(N)CN1CCC1. The molecule has 13 heavy (non-hydrogen) atoms. The minimum Gasteiger partial charge on any atom is -0.320 e. The van der Waals surface area contributed by atoms with Gasteiger partial charge in [0.05, 0.1) is 6.04 Å². The largest absolute Gasteiger partial charge is 0.320 e. The number of nitrogens with zero attached hydrogens (tertiary/aromatic N) is 4. The number of aromatic nitrogens is 3. The van der Waals surface area contributed by atoms with E-state index in [0.29, 0.717) is 0 Å². The molecular formula is C8H15N5. The Morgan fingerprint density at radius 3 is 2.85 bits per heavy atom. The third kappa shape index (κ3) is 1.71. The molecule has 2 N–H and O–H groups in total. The Balaban J connectivity index is 1.96. The van der Waals surface area contributed by atoms with Crippen molar-refractivity contribution in [1.29, 1.82) is 0 Å². The number of rotatable bonds is 3. The minimum absolute atomic E-state index is 0.00667. The summed E-state index contributed by atoms with van der Waals surface area (Å²) in [6, 6.07) is -0.00667. The van der Waals surface area contributed by atoms with Crippen LogP contribution < -0.4 is 5.73 Å². The van der Waals surface area contributed by atoms with Crippen molar-refractivity contribution < 1.29 is 0 Å². The van der Waals surface area contributed by atoms with Crippen LogP contribution in [0.1, 0.15) is 18.3 Å². The molecule has 5 nitrogen and oxygen atoms in total. The lowest BCUT2D eigenvalue weighted by molar-refractivity contribution is 0.168. The Bertz CT molecular complexity index is 278. The first-order valence-corrected chi connectivity index (χ1v) is 4.59. The van der Waals surface area contributed by atoms with Crippen LogP contribution in [-0.2, 0) is 7.05 Å². The Morgan fingerprint density at radius 1 is 1.62 bits per heavy atom. The van der Waals surface area contributed by atoms with Crippen LogP contribution in [0.2, 0.25) is 0 Å². The van der Waals surface area contributed by atoms with Crippen LogP contribution >= 0.6 is 0 Å². The van der Waals surface area contributed by atoms with E-state index in [1.807, 2.05) is 7.05 Å². The summed E-state index contributed by atoms with van der Waals surface area (Å²) in [6.45, 7) is 3.24. The van der Waals surface area contributed by atoms with Crippen LogP contribution in [0.4, 0.5) is 0 Å². The molecule has 1 atom stereocenters. The number of nitrogens with two attached hydrogens (primary N) is 1. The van der Waals surface area contributed by atoms with Gasteiger partial charge in [0, 0.05) is 13.6 Å². The van der Waals surface area contributed by atoms with E-state index < -0.39 is 0 Å². The molecule has 2 rings (SSSR count). The second kappa shape index (κ2) is 3.43. The van der Waals surface area contributed by atoms with Gasteiger partial charge in [-0.15, -0.1) is 0 Å². The van der Waals surface area contributed by atoms with Gasteiger partial charge in [-0.2, -0.15) is 5.10 Å². The lowest BCUT2D eigenvalue weighted by Crippen LogP contribution is -2.42. The van der Waals surface area contributed by atoms with E-state index in [1.165, 1.54) is 19.5 Å². The standard InChI is InChI=1S/C8H15N5/c1-12-8(10-6-11-12)7(9)5-13-3-2-4-13/h6-7H,2-5,9H2,1H3. The minimum atomic E-state index is -0.00667. The zero-order valence-corrected chi connectivity index (χ0v) is 7.85. The highest BCUT2D eigenvalue weighted by Crippen LogP contribution is 2.12. The normalized spacial score (nSPS) is 19.8. The summed E-state index contributed by atoms with van der Waals surface area (Å²) in [6.07, 6.45) is 2.84. The van der Waals surface area contributed by atoms with Crippen molar-refractivity contribution in [3.63, 3.8) is 0 Å². The van der Waals surface area contributed by atoms with E-state index >= 15 is 0 Å². The molecule has 1 fully saturated rings. The smallest absolute Gasteiger partial charge is 0.144 e. The van der Waals surface area contributed by atoms with E-state index in [1.54, 1.807) is 11.0 Å². The number of likely N-dealkylation sites (tertiary alicyclic amines) is 1. The molecule has 0 aliphatic carbocycles. The van der Waals surface area contributed by atoms with Gasteiger partial charge in [0.15, 0.2) is 0 Å². The number of hydrogen-bond donors (Lipinski definition) is 1. The van der Waals surface area contributed by atoms with Crippen molar-refractivity contribution in [2.45, 2.75) is 12.5 Å². The highest BCUT2D eigenvalue weighted by molar-refractivity contribution is 4.94. The summed E-state index contributed by atoms with van der Waals surface area (Å²) >= 11 is 0. The third-order valence-electron chi connectivity index (χ3n) is 2.48. The molecule has 0 amide bonds. The molecule has 0 saturated carbocycles. The average molecular weight is 181 g/mol. The molecule has 0 aromatic carbocycles. The Morgan fingerprint density at radius 2 is 2.38 bits per heavy atom. The summed E-state index contributed by atoms with van der Waals surface area (Å²) in [7, 11) is 1.87. The van der Waals surface area contributed by atoms with Gasteiger partial charge < -0.3 is 10.6 Å². The predicted octanol–water partition coefficient (Wildman–Crippen LogP) is -0.479. The summed E-state index contributed by atoms with van der Waals surface area (Å²) < 4.78 is 1.74. The molecule has 1 unspecified atom stereocenters. The van der Waals surface area contributed by atoms with Gasteiger partial charge >= 0.3 is 0 Å². The molecule has 1 aliphatic heterocycles. The first kappa shape index (κ1) is 8.65. The third-order valence-corrected chi connectivity index (χ3v) is 2.48. The highest BCUT2D eigenvalue weighted by atomic mass is 15.3. The molecular weight excluding hydrogens is 166 g/mol. The molecule has 0 bridgehead atoms. The van der Waals surface area contributed by atoms with Crippen LogP contribution in [0.25, 0.3) is 0 Å². The second-order valence-corrected chi connectivity index (χ2v) is 3.50. The Hall–Kier alpha value is -0.940. The predicted molar refractivity (Wildman–Crippen MR) is 49.0 cm³/mol. The summed E-state index contributed by atoms with van der Waals surface area (Å²) in [4.78, 5) is 6.46. The van der Waals surface area contributed by atoms with Gasteiger partial charge in [0.2, 0.25) is 0 Å². The van der Waals surface area contributed by atoms with Crippen molar-refractivity contribution in [2.75, 3.05) is 19.6 Å². The van der Waals surface area contributed by atoms with Crippen molar-refractivity contribution in [3.05, 3.63) is 12.2 Å². The first-order chi connectivity index (χ1) is 6.27. The highest BCUT2D eigenvalue weighted by Gasteiger charge is 2.19. The molecule has 0 radical (unpaired) electrons. The van der Waals surface area contributed by atoms with Gasteiger partial charge in [-0.25, -0.2) is 4.98 Å². The van der Waals surface area contributed by atoms with Crippen LogP contribution in [0.3, 0.4) is 0 Å². The molecule has 1 aliphatic rings. The molecule has 2 heterocycles. The fourth-order valence-corrected chi connectivity index (χ4v) is 1.56. The number of aryl methyl sites for hydroxylation is 1. The van der Waals surface area contributed by atoms with Crippen molar-refractivity contribution >= 4 is 0 Å². The van der Waals surface area contributed by atoms with E-state index in [4.69, 9.17) is 5.73 Å². The van der Waals surface area contributed by atoms with E-state index in [9.17, 15) is 0 Å². The molecule has 0 spiro atoms. The quantitative estimate of drug-likeness (QED) is 0.684. The van der Waals surface area contributed by atoms with Crippen LogP contribution in [0.15, 0.2) is 6.33 Å². The van der Waals surface area contributed by atoms with Crippen molar-refractivity contribution in [1.82, 2.24) is 19.7 Å². The van der Waals surface area contributed by atoms with Crippen LogP contribution in [0.5, 0.6) is 0 Å². The van der Waals surface area contributed by atoms with E-state index in [0.717, 1.165) is 12.4 Å². The summed E-state index contributed by atoms with van der Waals surface area (Å²) in [5.41, 5.74) is 5.99. The maximum atomic E-state index is 5.99.